The third-order valence-electron chi connectivity index (χ3n) is 2.05. The fourth-order valence-electron chi connectivity index (χ4n) is 1.30. The van der Waals surface area contributed by atoms with Crippen LogP contribution in [0.3, 0.4) is 0 Å². The van der Waals surface area contributed by atoms with Crippen molar-refractivity contribution in [2.45, 2.75) is 13.3 Å². The number of nitrogens with zero attached hydrogens (tertiary/aromatic N) is 3. The highest BCUT2D eigenvalue weighted by Gasteiger charge is 2.10. The smallest absolute Gasteiger partial charge is 0.155 e. The van der Waals surface area contributed by atoms with Gasteiger partial charge in [-0.15, -0.1) is 11.3 Å². The first-order valence-corrected chi connectivity index (χ1v) is 5.47. The van der Waals surface area contributed by atoms with Gasteiger partial charge in [-0.1, -0.05) is 6.92 Å². The second kappa shape index (κ2) is 4.20. The van der Waals surface area contributed by atoms with E-state index in [-0.39, 0.29) is 0 Å². The molecule has 0 saturated carbocycles. The molecule has 0 unspecified atom stereocenters. The summed E-state index contributed by atoms with van der Waals surface area (Å²) >= 11 is 1.58. The van der Waals surface area contributed by atoms with Gasteiger partial charge in [-0.3, -0.25) is 4.98 Å². The third kappa shape index (κ3) is 1.88. The van der Waals surface area contributed by atoms with Crippen molar-refractivity contribution in [3.8, 4) is 16.6 Å². The van der Waals surface area contributed by atoms with E-state index in [1.165, 1.54) is 0 Å². The molecule has 0 aliphatic carbocycles. The van der Waals surface area contributed by atoms with E-state index in [4.69, 9.17) is 5.26 Å². The maximum Gasteiger partial charge on any atom is 0.155 e. The largest absolute Gasteiger partial charge is 0.265 e. The summed E-state index contributed by atoms with van der Waals surface area (Å²) in [4.78, 5) is 9.30. The van der Waals surface area contributed by atoms with Crippen LogP contribution in [0.15, 0.2) is 24.5 Å². The van der Waals surface area contributed by atoms with Crippen LogP contribution in [0.5, 0.6) is 0 Å². The van der Waals surface area contributed by atoms with Crippen molar-refractivity contribution < 1.29 is 0 Å². The Kier molecular flexibility index (Phi) is 2.75. The zero-order valence-corrected chi connectivity index (χ0v) is 9.08. The lowest BCUT2D eigenvalue weighted by Crippen LogP contribution is -1.81. The molecule has 0 amide bonds. The van der Waals surface area contributed by atoms with Crippen molar-refractivity contribution in [3.63, 3.8) is 0 Å². The van der Waals surface area contributed by atoms with E-state index < -0.39 is 0 Å². The summed E-state index contributed by atoms with van der Waals surface area (Å²) < 4.78 is 0. The van der Waals surface area contributed by atoms with Crippen molar-refractivity contribution in [3.05, 3.63) is 35.1 Å². The Hall–Kier alpha value is -1.73. The summed E-state index contributed by atoms with van der Waals surface area (Å²) in [7, 11) is 0. The molecule has 3 nitrogen and oxygen atoms in total. The lowest BCUT2D eigenvalue weighted by molar-refractivity contribution is 1.15. The summed E-state index contributed by atoms with van der Waals surface area (Å²) in [5.74, 6) is 0. The van der Waals surface area contributed by atoms with Gasteiger partial charge >= 0.3 is 0 Å². The molecule has 0 bridgehead atoms. The molecule has 0 atom stereocenters. The van der Waals surface area contributed by atoms with E-state index in [9.17, 15) is 0 Å². The highest BCUT2D eigenvalue weighted by molar-refractivity contribution is 7.15. The number of rotatable bonds is 2. The van der Waals surface area contributed by atoms with Gasteiger partial charge in [-0.2, -0.15) is 5.26 Å². The molecule has 0 fully saturated rings. The Labute approximate surface area is 92.1 Å². The highest BCUT2D eigenvalue weighted by Crippen LogP contribution is 2.27. The van der Waals surface area contributed by atoms with Crippen LogP contribution in [0, 0.1) is 11.3 Å². The molecule has 74 valence electrons. The minimum atomic E-state index is 0.550. The molecule has 15 heavy (non-hydrogen) atoms. The zero-order valence-electron chi connectivity index (χ0n) is 8.27. The van der Waals surface area contributed by atoms with Gasteiger partial charge in [0.15, 0.2) is 5.69 Å². The Morgan fingerprint density at radius 1 is 1.40 bits per heavy atom. The molecule has 2 aromatic heterocycles. The summed E-state index contributed by atoms with van der Waals surface area (Å²) in [5.41, 5.74) is 1.57. The number of nitriles is 1. The first-order valence-electron chi connectivity index (χ1n) is 4.65. The van der Waals surface area contributed by atoms with E-state index in [1.807, 2.05) is 19.1 Å². The maximum absolute atomic E-state index is 8.89. The van der Waals surface area contributed by atoms with Crippen LogP contribution in [-0.2, 0) is 6.42 Å². The minimum absolute atomic E-state index is 0.550. The van der Waals surface area contributed by atoms with Gasteiger partial charge in [0.1, 0.15) is 11.1 Å². The van der Waals surface area contributed by atoms with Crippen molar-refractivity contribution in [1.29, 1.82) is 5.26 Å². The molecule has 0 spiro atoms. The Balaban J connectivity index is 2.48. The summed E-state index contributed by atoms with van der Waals surface area (Å²) in [6.45, 7) is 2.03. The SMILES string of the molecule is CCc1sc(-c2ccncc2)nc1C#N. The van der Waals surface area contributed by atoms with E-state index >= 15 is 0 Å². The summed E-state index contributed by atoms with van der Waals surface area (Å²) in [6.07, 6.45) is 4.31. The molecule has 0 N–H and O–H groups in total. The molecule has 2 rings (SSSR count). The molecule has 2 heterocycles. The van der Waals surface area contributed by atoms with E-state index in [0.29, 0.717) is 5.69 Å². The van der Waals surface area contributed by atoms with Gasteiger partial charge in [0.2, 0.25) is 0 Å². The van der Waals surface area contributed by atoms with Crippen LogP contribution in [0.4, 0.5) is 0 Å². The minimum Gasteiger partial charge on any atom is -0.265 e. The summed E-state index contributed by atoms with van der Waals surface area (Å²) in [6, 6.07) is 5.92. The number of thiazole rings is 1. The molecular weight excluding hydrogens is 206 g/mol. The highest BCUT2D eigenvalue weighted by atomic mass is 32.1. The molecule has 4 heteroatoms. The molecule has 2 aromatic rings. The van der Waals surface area contributed by atoms with Crippen LogP contribution in [0.2, 0.25) is 0 Å². The second-order valence-corrected chi connectivity index (χ2v) is 4.08. The quantitative estimate of drug-likeness (QED) is 0.773. The molecular formula is C11H9N3S. The lowest BCUT2D eigenvalue weighted by Gasteiger charge is -1.91. The standard InChI is InChI=1S/C11H9N3S/c1-2-10-9(7-12)14-11(15-10)8-3-5-13-6-4-8/h3-6H,2H2,1H3. The van der Waals surface area contributed by atoms with Crippen molar-refractivity contribution >= 4 is 11.3 Å². The predicted octanol–water partition coefficient (Wildman–Crippen LogP) is 2.64. The van der Waals surface area contributed by atoms with Crippen molar-refractivity contribution in [2.75, 3.05) is 0 Å². The Bertz CT molecular complexity index is 496. The van der Waals surface area contributed by atoms with Crippen LogP contribution in [-0.4, -0.2) is 9.97 Å². The van der Waals surface area contributed by atoms with Gasteiger partial charge in [-0.05, 0) is 18.6 Å². The van der Waals surface area contributed by atoms with Gasteiger partial charge in [0, 0.05) is 22.8 Å². The molecule has 0 saturated heterocycles. The Morgan fingerprint density at radius 3 is 2.67 bits per heavy atom. The third-order valence-corrected chi connectivity index (χ3v) is 3.30. The molecule has 0 aliphatic rings. The average molecular weight is 215 g/mol. The number of aryl methyl sites for hydroxylation is 1. The van der Waals surface area contributed by atoms with Crippen LogP contribution in [0.25, 0.3) is 10.6 Å². The maximum atomic E-state index is 8.89. The fourth-order valence-corrected chi connectivity index (χ4v) is 2.25. The number of hydrogen-bond donors (Lipinski definition) is 0. The topological polar surface area (TPSA) is 49.6 Å². The normalized spacial score (nSPS) is 9.87. The van der Waals surface area contributed by atoms with Crippen LogP contribution in [0.1, 0.15) is 17.5 Å². The summed E-state index contributed by atoms with van der Waals surface area (Å²) in [5, 5.41) is 9.79. The van der Waals surface area contributed by atoms with E-state index in [2.05, 4.69) is 16.0 Å². The van der Waals surface area contributed by atoms with E-state index in [0.717, 1.165) is 21.9 Å². The van der Waals surface area contributed by atoms with Gasteiger partial charge in [0.25, 0.3) is 0 Å². The van der Waals surface area contributed by atoms with Crippen molar-refractivity contribution in [1.82, 2.24) is 9.97 Å². The van der Waals surface area contributed by atoms with Gasteiger partial charge in [0.05, 0.1) is 0 Å². The number of hydrogen-bond acceptors (Lipinski definition) is 4. The van der Waals surface area contributed by atoms with Gasteiger partial charge < -0.3 is 0 Å². The van der Waals surface area contributed by atoms with E-state index in [1.54, 1.807) is 23.7 Å². The first kappa shape index (κ1) is 9.81. The zero-order chi connectivity index (χ0) is 10.7. The monoisotopic (exact) mass is 215 g/mol. The first-order chi connectivity index (χ1) is 7.35. The van der Waals surface area contributed by atoms with Crippen LogP contribution >= 0.6 is 11.3 Å². The predicted molar refractivity (Wildman–Crippen MR) is 59.4 cm³/mol. The molecule has 0 radical (unpaired) electrons. The Morgan fingerprint density at radius 2 is 2.13 bits per heavy atom. The van der Waals surface area contributed by atoms with Gasteiger partial charge in [-0.25, -0.2) is 4.98 Å². The molecule has 0 aliphatic heterocycles. The fraction of sp³-hybridized carbons (Fsp3) is 0.182. The second-order valence-electron chi connectivity index (χ2n) is 2.99. The van der Waals surface area contributed by atoms with Crippen molar-refractivity contribution in [2.24, 2.45) is 0 Å². The number of aromatic nitrogens is 2. The van der Waals surface area contributed by atoms with Crippen LogP contribution < -0.4 is 0 Å². The lowest BCUT2D eigenvalue weighted by atomic mass is 10.3. The number of pyridine rings is 1. The average Bonchev–Trinajstić information content (AvgIpc) is 2.73. The molecule has 0 aromatic carbocycles.